The SMILES string of the molecule is C=CCc1cc(C(=O)Nc2ccc(CC)cc2)cc(OC)c1OC. The van der Waals surface area contributed by atoms with Gasteiger partial charge in [0.2, 0.25) is 0 Å². The number of benzene rings is 2. The number of hydrogen-bond acceptors (Lipinski definition) is 3. The van der Waals surface area contributed by atoms with Crippen molar-refractivity contribution in [2.24, 2.45) is 0 Å². The van der Waals surface area contributed by atoms with E-state index in [2.05, 4.69) is 18.8 Å². The molecule has 0 atom stereocenters. The number of methoxy groups -OCH3 is 2. The van der Waals surface area contributed by atoms with E-state index in [9.17, 15) is 4.79 Å². The van der Waals surface area contributed by atoms with Crippen LogP contribution in [0.15, 0.2) is 49.1 Å². The maximum absolute atomic E-state index is 12.6. The van der Waals surface area contributed by atoms with E-state index in [0.717, 1.165) is 17.7 Å². The van der Waals surface area contributed by atoms with Crippen LogP contribution in [0, 0.1) is 0 Å². The van der Waals surface area contributed by atoms with E-state index in [1.807, 2.05) is 24.3 Å². The number of hydrogen-bond donors (Lipinski definition) is 1. The van der Waals surface area contributed by atoms with Gasteiger partial charge in [-0.1, -0.05) is 25.1 Å². The van der Waals surface area contributed by atoms with Gasteiger partial charge in [0.25, 0.3) is 5.91 Å². The Morgan fingerprint density at radius 3 is 2.42 bits per heavy atom. The van der Waals surface area contributed by atoms with Crippen molar-refractivity contribution >= 4 is 11.6 Å². The third kappa shape index (κ3) is 3.96. The number of rotatable bonds is 7. The molecule has 0 saturated carbocycles. The third-order valence-corrected chi connectivity index (χ3v) is 3.80. The van der Waals surface area contributed by atoms with Gasteiger partial charge < -0.3 is 14.8 Å². The van der Waals surface area contributed by atoms with Crippen LogP contribution in [-0.2, 0) is 12.8 Å². The normalized spacial score (nSPS) is 10.1. The highest BCUT2D eigenvalue weighted by molar-refractivity contribution is 6.04. The summed E-state index contributed by atoms with van der Waals surface area (Å²) in [6.07, 6.45) is 3.32. The summed E-state index contributed by atoms with van der Waals surface area (Å²) in [6, 6.07) is 11.3. The van der Waals surface area contributed by atoms with E-state index in [1.54, 1.807) is 32.4 Å². The van der Waals surface area contributed by atoms with Crippen LogP contribution in [0.4, 0.5) is 5.69 Å². The third-order valence-electron chi connectivity index (χ3n) is 3.80. The zero-order valence-electron chi connectivity index (χ0n) is 14.4. The molecule has 126 valence electrons. The topological polar surface area (TPSA) is 47.6 Å². The second-order valence-electron chi connectivity index (χ2n) is 5.37. The fourth-order valence-electron chi connectivity index (χ4n) is 2.51. The molecule has 2 aromatic carbocycles. The summed E-state index contributed by atoms with van der Waals surface area (Å²) in [5.41, 5.74) is 3.37. The summed E-state index contributed by atoms with van der Waals surface area (Å²) < 4.78 is 10.7. The molecule has 1 N–H and O–H groups in total. The molecule has 2 aromatic rings. The standard InChI is InChI=1S/C20H23NO3/c1-5-7-15-12-16(13-18(23-3)19(15)24-4)20(22)21-17-10-8-14(6-2)9-11-17/h5,8-13H,1,6-7H2,2-4H3,(H,21,22). The van der Waals surface area contributed by atoms with Gasteiger partial charge in [-0.15, -0.1) is 6.58 Å². The van der Waals surface area contributed by atoms with Crippen molar-refractivity contribution in [3.8, 4) is 11.5 Å². The number of ether oxygens (including phenoxy) is 2. The van der Waals surface area contributed by atoms with Crippen molar-refractivity contribution in [1.82, 2.24) is 0 Å². The van der Waals surface area contributed by atoms with Gasteiger partial charge in [0.15, 0.2) is 11.5 Å². The van der Waals surface area contributed by atoms with E-state index in [-0.39, 0.29) is 5.91 Å². The zero-order chi connectivity index (χ0) is 17.5. The fraction of sp³-hybridized carbons (Fsp3) is 0.250. The van der Waals surface area contributed by atoms with E-state index < -0.39 is 0 Å². The van der Waals surface area contributed by atoms with Crippen LogP contribution in [0.2, 0.25) is 0 Å². The van der Waals surface area contributed by atoms with Gasteiger partial charge in [-0.25, -0.2) is 0 Å². The van der Waals surface area contributed by atoms with Crippen LogP contribution in [0.5, 0.6) is 11.5 Å². The highest BCUT2D eigenvalue weighted by atomic mass is 16.5. The molecule has 0 heterocycles. The van der Waals surface area contributed by atoms with E-state index in [1.165, 1.54) is 5.56 Å². The lowest BCUT2D eigenvalue weighted by atomic mass is 10.0. The molecular weight excluding hydrogens is 302 g/mol. The van der Waals surface area contributed by atoms with Gasteiger partial charge in [-0.3, -0.25) is 4.79 Å². The van der Waals surface area contributed by atoms with Gasteiger partial charge in [0.05, 0.1) is 14.2 Å². The number of nitrogens with one attached hydrogen (secondary N) is 1. The number of anilines is 1. The number of carbonyl (C=O) groups excluding carboxylic acids is 1. The molecule has 1 amide bonds. The van der Waals surface area contributed by atoms with Crippen molar-refractivity contribution in [3.05, 3.63) is 65.7 Å². The largest absolute Gasteiger partial charge is 0.493 e. The number of aryl methyl sites for hydroxylation is 1. The lowest BCUT2D eigenvalue weighted by molar-refractivity contribution is 0.102. The maximum atomic E-state index is 12.6. The van der Waals surface area contributed by atoms with Gasteiger partial charge in [-0.2, -0.15) is 0 Å². The van der Waals surface area contributed by atoms with Gasteiger partial charge in [0.1, 0.15) is 0 Å². The first-order valence-corrected chi connectivity index (χ1v) is 7.89. The second-order valence-corrected chi connectivity index (χ2v) is 5.37. The summed E-state index contributed by atoms with van der Waals surface area (Å²) in [5, 5.41) is 2.91. The molecule has 0 bridgehead atoms. The molecular formula is C20H23NO3. The fourth-order valence-corrected chi connectivity index (χ4v) is 2.51. The molecule has 4 nitrogen and oxygen atoms in total. The lowest BCUT2D eigenvalue weighted by Gasteiger charge is -2.14. The zero-order valence-corrected chi connectivity index (χ0v) is 14.4. The molecule has 0 aliphatic rings. The summed E-state index contributed by atoms with van der Waals surface area (Å²) in [7, 11) is 3.14. The molecule has 0 fully saturated rings. The summed E-state index contributed by atoms with van der Waals surface area (Å²) in [6.45, 7) is 5.84. The Morgan fingerprint density at radius 1 is 1.17 bits per heavy atom. The molecule has 0 unspecified atom stereocenters. The van der Waals surface area contributed by atoms with Gasteiger partial charge >= 0.3 is 0 Å². The molecule has 0 aliphatic heterocycles. The minimum Gasteiger partial charge on any atom is -0.493 e. The molecule has 0 aliphatic carbocycles. The highest BCUT2D eigenvalue weighted by Crippen LogP contribution is 2.33. The van der Waals surface area contributed by atoms with Crippen LogP contribution in [-0.4, -0.2) is 20.1 Å². The van der Waals surface area contributed by atoms with Gasteiger partial charge in [-0.05, 0) is 42.7 Å². The van der Waals surface area contributed by atoms with Crippen molar-refractivity contribution in [3.63, 3.8) is 0 Å². The first kappa shape index (κ1) is 17.6. The number of allylic oxidation sites excluding steroid dienone is 1. The Hall–Kier alpha value is -2.75. The van der Waals surface area contributed by atoms with Crippen molar-refractivity contribution in [1.29, 1.82) is 0 Å². The smallest absolute Gasteiger partial charge is 0.255 e. The molecule has 0 spiro atoms. The average molecular weight is 325 g/mol. The van der Waals surface area contributed by atoms with Gasteiger partial charge in [0, 0.05) is 16.8 Å². The van der Waals surface area contributed by atoms with Crippen molar-refractivity contribution in [2.75, 3.05) is 19.5 Å². The van der Waals surface area contributed by atoms with Crippen LogP contribution in [0.3, 0.4) is 0 Å². The van der Waals surface area contributed by atoms with Crippen molar-refractivity contribution < 1.29 is 14.3 Å². The van der Waals surface area contributed by atoms with Crippen LogP contribution in [0.25, 0.3) is 0 Å². The Kier molecular flexibility index (Phi) is 6.01. The lowest BCUT2D eigenvalue weighted by Crippen LogP contribution is -2.13. The Balaban J connectivity index is 2.30. The number of carbonyl (C=O) groups is 1. The predicted octanol–water partition coefficient (Wildman–Crippen LogP) is 4.25. The summed E-state index contributed by atoms with van der Waals surface area (Å²) in [5.74, 6) is 0.968. The van der Waals surface area contributed by atoms with Crippen LogP contribution in [0.1, 0.15) is 28.4 Å². The molecule has 4 heteroatoms. The van der Waals surface area contributed by atoms with E-state index >= 15 is 0 Å². The van der Waals surface area contributed by atoms with E-state index in [4.69, 9.17) is 9.47 Å². The monoisotopic (exact) mass is 325 g/mol. The second kappa shape index (κ2) is 8.20. The minimum atomic E-state index is -0.189. The number of amides is 1. The predicted molar refractivity (Wildman–Crippen MR) is 97.2 cm³/mol. The first-order chi connectivity index (χ1) is 11.6. The molecule has 2 rings (SSSR count). The highest BCUT2D eigenvalue weighted by Gasteiger charge is 2.15. The Labute approximate surface area is 143 Å². The molecule has 0 radical (unpaired) electrons. The quantitative estimate of drug-likeness (QED) is 0.774. The molecule has 0 aromatic heterocycles. The maximum Gasteiger partial charge on any atom is 0.255 e. The van der Waals surface area contributed by atoms with E-state index in [0.29, 0.717) is 23.5 Å². The minimum absolute atomic E-state index is 0.189. The molecule has 24 heavy (non-hydrogen) atoms. The Morgan fingerprint density at radius 2 is 1.88 bits per heavy atom. The van der Waals surface area contributed by atoms with Crippen LogP contribution >= 0.6 is 0 Å². The van der Waals surface area contributed by atoms with Crippen LogP contribution < -0.4 is 14.8 Å². The average Bonchev–Trinajstić information content (AvgIpc) is 2.61. The summed E-state index contributed by atoms with van der Waals surface area (Å²) >= 11 is 0. The summed E-state index contributed by atoms with van der Waals surface area (Å²) in [4.78, 5) is 12.6. The first-order valence-electron chi connectivity index (χ1n) is 7.89. The van der Waals surface area contributed by atoms with Crippen molar-refractivity contribution in [2.45, 2.75) is 19.8 Å². The Bertz CT molecular complexity index is 720. The molecule has 0 saturated heterocycles.